The Labute approximate surface area is 189 Å². The van der Waals surface area contributed by atoms with E-state index in [1.54, 1.807) is 60.7 Å². The van der Waals surface area contributed by atoms with Gasteiger partial charge in [-0.05, 0) is 67.1 Å². The molecular formula is C25H20ClNO5. The fraction of sp³-hybridized carbons (Fsp3) is 0.120. The van der Waals surface area contributed by atoms with E-state index in [0.717, 1.165) is 0 Å². The van der Waals surface area contributed by atoms with Crippen molar-refractivity contribution in [1.29, 1.82) is 0 Å². The first kappa shape index (κ1) is 21.5. The first-order valence-electron chi connectivity index (χ1n) is 9.99. The van der Waals surface area contributed by atoms with Crippen LogP contribution in [0.1, 0.15) is 24.1 Å². The molecular weight excluding hydrogens is 430 g/mol. The van der Waals surface area contributed by atoms with E-state index >= 15 is 0 Å². The Morgan fingerprint density at radius 3 is 2.41 bits per heavy atom. The number of Topliss-reactive ketones (excluding diaryl/α,β-unsaturated/α-hetero) is 1. The van der Waals surface area contributed by atoms with Gasteiger partial charge in [-0.25, -0.2) is 0 Å². The van der Waals surface area contributed by atoms with Gasteiger partial charge in [0, 0.05) is 16.3 Å². The van der Waals surface area contributed by atoms with E-state index < -0.39 is 17.7 Å². The fourth-order valence-electron chi connectivity index (χ4n) is 3.77. The van der Waals surface area contributed by atoms with E-state index in [0.29, 0.717) is 34.2 Å². The van der Waals surface area contributed by atoms with Gasteiger partial charge in [-0.15, -0.1) is 0 Å². The first-order valence-corrected chi connectivity index (χ1v) is 10.4. The quantitative estimate of drug-likeness (QED) is 0.322. The molecule has 1 saturated heterocycles. The average Bonchev–Trinajstić information content (AvgIpc) is 3.05. The van der Waals surface area contributed by atoms with E-state index in [2.05, 4.69) is 0 Å². The smallest absolute Gasteiger partial charge is 0.300 e. The molecule has 0 aromatic heterocycles. The van der Waals surface area contributed by atoms with Gasteiger partial charge < -0.3 is 14.9 Å². The molecule has 0 bridgehead atoms. The third kappa shape index (κ3) is 3.92. The number of ether oxygens (including phenoxy) is 1. The summed E-state index contributed by atoms with van der Waals surface area (Å²) in [5.41, 5.74) is 1.16. The van der Waals surface area contributed by atoms with Crippen molar-refractivity contribution in [2.24, 2.45) is 0 Å². The highest BCUT2D eigenvalue weighted by Gasteiger charge is 2.47. The van der Waals surface area contributed by atoms with Crippen LogP contribution in [0.25, 0.3) is 5.76 Å². The number of aliphatic hydroxyl groups excluding tert-OH is 1. The Morgan fingerprint density at radius 1 is 1.03 bits per heavy atom. The van der Waals surface area contributed by atoms with Crippen LogP contribution in [0.3, 0.4) is 0 Å². The molecule has 0 spiro atoms. The summed E-state index contributed by atoms with van der Waals surface area (Å²) in [4.78, 5) is 27.5. The van der Waals surface area contributed by atoms with Gasteiger partial charge in [0.2, 0.25) is 0 Å². The van der Waals surface area contributed by atoms with Gasteiger partial charge in [-0.1, -0.05) is 29.8 Å². The second kappa shape index (κ2) is 8.77. The van der Waals surface area contributed by atoms with Crippen molar-refractivity contribution in [2.45, 2.75) is 13.0 Å². The second-order valence-electron chi connectivity index (χ2n) is 7.20. The fourth-order valence-corrected chi connectivity index (χ4v) is 3.95. The van der Waals surface area contributed by atoms with Crippen molar-refractivity contribution in [3.63, 3.8) is 0 Å². The van der Waals surface area contributed by atoms with E-state index in [4.69, 9.17) is 16.3 Å². The average molecular weight is 450 g/mol. The number of phenols is 1. The Bertz CT molecular complexity index is 1220. The van der Waals surface area contributed by atoms with Crippen molar-refractivity contribution in [2.75, 3.05) is 11.5 Å². The maximum atomic E-state index is 13.1. The zero-order chi connectivity index (χ0) is 22.8. The molecule has 0 saturated carbocycles. The maximum absolute atomic E-state index is 13.1. The lowest BCUT2D eigenvalue weighted by molar-refractivity contribution is -0.132. The SMILES string of the molecule is CCOc1ccc(/C(O)=C2\C(=O)C(=O)N(c3cccc(Cl)c3)C2c2cccc(O)c2)cc1. The number of rotatable bonds is 5. The zero-order valence-electron chi connectivity index (χ0n) is 17.2. The Balaban J connectivity index is 1.90. The number of nitrogens with zero attached hydrogens (tertiary/aromatic N) is 1. The van der Waals surface area contributed by atoms with Gasteiger partial charge in [0.25, 0.3) is 11.7 Å². The van der Waals surface area contributed by atoms with Crippen LogP contribution in [0.15, 0.2) is 78.4 Å². The Morgan fingerprint density at radius 2 is 1.75 bits per heavy atom. The molecule has 1 amide bonds. The van der Waals surface area contributed by atoms with Crippen LogP contribution in [-0.2, 0) is 9.59 Å². The van der Waals surface area contributed by atoms with Gasteiger partial charge in [-0.3, -0.25) is 14.5 Å². The number of benzene rings is 3. The van der Waals surface area contributed by atoms with E-state index in [1.165, 1.54) is 17.0 Å². The molecule has 6 nitrogen and oxygen atoms in total. The molecule has 0 aliphatic carbocycles. The monoisotopic (exact) mass is 449 g/mol. The number of ketones is 1. The molecule has 162 valence electrons. The van der Waals surface area contributed by atoms with E-state index in [-0.39, 0.29) is 17.1 Å². The molecule has 1 aliphatic heterocycles. The largest absolute Gasteiger partial charge is 0.508 e. The number of carbonyl (C=O) groups excluding carboxylic acids is 2. The Kier molecular flexibility index (Phi) is 5.88. The number of phenolic OH excluding ortho intramolecular Hbond substituents is 1. The number of anilines is 1. The summed E-state index contributed by atoms with van der Waals surface area (Å²) in [6.45, 7) is 2.36. The number of hydrogen-bond acceptors (Lipinski definition) is 5. The number of aliphatic hydroxyl groups is 1. The predicted molar refractivity (Wildman–Crippen MR) is 122 cm³/mol. The molecule has 0 radical (unpaired) electrons. The normalized spacial score (nSPS) is 17.6. The molecule has 3 aromatic carbocycles. The predicted octanol–water partition coefficient (Wildman–Crippen LogP) is 5.07. The van der Waals surface area contributed by atoms with Gasteiger partial charge >= 0.3 is 0 Å². The highest BCUT2D eigenvalue weighted by atomic mass is 35.5. The summed E-state index contributed by atoms with van der Waals surface area (Å²) in [6, 6.07) is 18.4. The highest BCUT2D eigenvalue weighted by molar-refractivity contribution is 6.51. The second-order valence-corrected chi connectivity index (χ2v) is 7.64. The topological polar surface area (TPSA) is 87.1 Å². The van der Waals surface area contributed by atoms with Crippen molar-refractivity contribution in [1.82, 2.24) is 0 Å². The van der Waals surface area contributed by atoms with Crippen LogP contribution >= 0.6 is 11.6 Å². The van der Waals surface area contributed by atoms with Crippen molar-refractivity contribution >= 4 is 34.7 Å². The van der Waals surface area contributed by atoms with Gasteiger partial charge in [0.15, 0.2) is 0 Å². The van der Waals surface area contributed by atoms with Crippen LogP contribution in [0.2, 0.25) is 5.02 Å². The lowest BCUT2D eigenvalue weighted by atomic mass is 9.95. The summed E-state index contributed by atoms with van der Waals surface area (Å²) in [5.74, 6) is -1.35. The van der Waals surface area contributed by atoms with Crippen LogP contribution < -0.4 is 9.64 Å². The maximum Gasteiger partial charge on any atom is 0.300 e. The van der Waals surface area contributed by atoms with Crippen LogP contribution in [0.4, 0.5) is 5.69 Å². The van der Waals surface area contributed by atoms with E-state index in [1.807, 2.05) is 6.92 Å². The molecule has 1 aliphatic rings. The lowest BCUT2D eigenvalue weighted by Crippen LogP contribution is -2.29. The summed E-state index contributed by atoms with van der Waals surface area (Å²) < 4.78 is 5.43. The van der Waals surface area contributed by atoms with Gasteiger partial charge in [0.1, 0.15) is 17.3 Å². The first-order chi connectivity index (χ1) is 15.4. The molecule has 2 N–H and O–H groups in total. The number of aromatic hydroxyl groups is 1. The summed E-state index contributed by atoms with van der Waals surface area (Å²) in [5, 5.41) is 21.5. The molecule has 1 unspecified atom stereocenters. The van der Waals surface area contributed by atoms with Crippen LogP contribution in [0, 0.1) is 0 Å². The van der Waals surface area contributed by atoms with Crippen molar-refractivity contribution in [3.05, 3.63) is 94.5 Å². The van der Waals surface area contributed by atoms with E-state index in [9.17, 15) is 19.8 Å². The zero-order valence-corrected chi connectivity index (χ0v) is 17.9. The highest BCUT2D eigenvalue weighted by Crippen LogP contribution is 2.43. The number of carbonyl (C=O) groups is 2. The lowest BCUT2D eigenvalue weighted by Gasteiger charge is -2.25. The van der Waals surface area contributed by atoms with Crippen molar-refractivity contribution < 1.29 is 24.5 Å². The van der Waals surface area contributed by atoms with Gasteiger partial charge in [-0.2, -0.15) is 0 Å². The summed E-state index contributed by atoms with van der Waals surface area (Å²) >= 11 is 6.13. The minimum absolute atomic E-state index is 0.0275. The third-order valence-corrected chi connectivity index (χ3v) is 5.39. The molecule has 7 heteroatoms. The number of amides is 1. The minimum atomic E-state index is -0.952. The molecule has 4 rings (SSSR count). The number of halogens is 1. The molecule has 32 heavy (non-hydrogen) atoms. The van der Waals surface area contributed by atoms with Crippen LogP contribution in [-0.4, -0.2) is 28.5 Å². The van der Waals surface area contributed by atoms with Gasteiger partial charge in [0.05, 0.1) is 18.2 Å². The number of hydrogen-bond donors (Lipinski definition) is 2. The minimum Gasteiger partial charge on any atom is -0.508 e. The van der Waals surface area contributed by atoms with Crippen LogP contribution in [0.5, 0.6) is 11.5 Å². The molecule has 1 atom stereocenters. The standard InChI is InChI=1S/C25H20ClNO5/c1-2-32-20-11-9-15(10-12-20)23(29)21-22(16-5-3-8-19(28)13-16)27(25(31)24(21)30)18-7-4-6-17(26)14-18/h3-14,22,28-29H,2H2,1H3/b23-21+. The molecule has 1 heterocycles. The van der Waals surface area contributed by atoms with Crippen molar-refractivity contribution in [3.8, 4) is 11.5 Å². The molecule has 3 aromatic rings. The third-order valence-electron chi connectivity index (χ3n) is 5.16. The molecule has 1 fully saturated rings. The Hall–Kier alpha value is -3.77. The summed E-state index contributed by atoms with van der Waals surface area (Å²) in [6.07, 6.45) is 0. The summed E-state index contributed by atoms with van der Waals surface area (Å²) in [7, 11) is 0.